The van der Waals surface area contributed by atoms with Crippen LogP contribution in [0, 0.1) is 0 Å². The summed E-state index contributed by atoms with van der Waals surface area (Å²) in [7, 11) is 0. The van der Waals surface area contributed by atoms with Gasteiger partial charge in [0.2, 0.25) is 0 Å². The van der Waals surface area contributed by atoms with Crippen LogP contribution in [0.3, 0.4) is 0 Å². The number of carbonyl (C=O) groups is 3. The Hall–Kier alpha value is -2.11. The zero-order chi connectivity index (χ0) is 50.0. The van der Waals surface area contributed by atoms with Gasteiger partial charge in [-0.3, -0.25) is 14.4 Å². The van der Waals surface area contributed by atoms with Gasteiger partial charge < -0.3 is 14.2 Å². The molecule has 0 saturated heterocycles. The fraction of sp³-hybridized carbons (Fsp3) is 0.889. The molecule has 0 aliphatic carbocycles. The van der Waals surface area contributed by atoms with Crippen LogP contribution in [-0.2, 0) is 28.6 Å². The first-order valence-corrected chi connectivity index (χ1v) is 30.8. The third kappa shape index (κ3) is 56.7. The Labute approximate surface area is 430 Å². The molecule has 0 saturated carbocycles. The van der Waals surface area contributed by atoms with Crippen molar-refractivity contribution in [2.75, 3.05) is 13.2 Å². The lowest BCUT2D eigenvalue weighted by atomic mass is 10.0. The van der Waals surface area contributed by atoms with Crippen LogP contribution < -0.4 is 0 Å². The minimum Gasteiger partial charge on any atom is -0.462 e. The first-order valence-electron chi connectivity index (χ1n) is 30.8. The van der Waals surface area contributed by atoms with Crippen molar-refractivity contribution in [2.24, 2.45) is 0 Å². The second-order valence-electron chi connectivity index (χ2n) is 21.0. The number of esters is 3. The fourth-order valence-corrected chi connectivity index (χ4v) is 9.26. The molecule has 0 aliphatic rings. The highest BCUT2D eigenvalue weighted by Gasteiger charge is 2.19. The smallest absolute Gasteiger partial charge is 0.306 e. The maximum Gasteiger partial charge on any atom is 0.306 e. The summed E-state index contributed by atoms with van der Waals surface area (Å²) in [6.07, 6.45) is 68.9. The van der Waals surface area contributed by atoms with Gasteiger partial charge in [0.05, 0.1) is 0 Å². The van der Waals surface area contributed by atoms with Crippen LogP contribution in [0.5, 0.6) is 0 Å². The van der Waals surface area contributed by atoms with E-state index in [2.05, 4.69) is 45.1 Å². The van der Waals surface area contributed by atoms with Crippen LogP contribution in [0.15, 0.2) is 24.3 Å². The first kappa shape index (κ1) is 66.9. The molecule has 69 heavy (non-hydrogen) atoms. The maximum absolute atomic E-state index is 12.9. The minimum atomic E-state index is -0.772. The molecule has 6 heteroatoms. The van der Waals surface area contributed by atoms with E-state index in [1.54, 1.807) is 0 Å². The van der Waals surface area contributed by atoms with Gasteiger partial charge in [-0.05, 0) is 70.6 Å². The number of ether oxygens (including phenoxy) is 3. The summed E-state index contributed by atoms with van der Waals surface area (Å²) in [5.41, 5.74) is 0. The van der Waals surface area contributed by atoms with E-state index in [1.807, 2.05) is 0 Å². The van der Waals surface area contributed by atoms with Crippen LogP contribution in [0.1, 0.15) is 342 Å². The van der Waals surface area contributed by atoms with Crippen molar-refractivity contribution < 1.29 is 28.6 Å². The van der Waals surface area contributed by atoms with E-state index in [0.717, 1.165) is 64.2 Å². The number of rotatable bonds is 57. The van der Waals surface area contributed by atoms with Gasteiger partial charge in [-0.2, -0.15) is 0 Å². The monoisotopic (exact) mass is 971 g/mol. The van der Waals surface area contributed by atoms with E-state index in [-0.39, 0.29) is 31.1 Å². The summed E-state index contributed by atoms with van der Waals surface area (Å²) in [4.78, 5) is 38.2. The molecule has 0 aromatic carbocycles. The highest BCUT2D eigenvalue weighted by atomic mass is 16.6. The van der Waals surface area contributed by atoms with E-state index in [4.69, 9.17) is 14.2 Å². The quantitative estimate of drug-likeness (QED) is 0.0261. The molecule has 406 valence electrons. The van der Waals surface area contributed by atoms with E-state index in [0.29, 0.717) is 19.3 Å². The Morgan fingerprint density at radius 2 is 0.478 bits per heavy atom. The summed E-state index contributed by atoms with van der Waals surface area (Å²) in [5.74, 6) is -0.857. The van der Waals surface area contributed by atoms with Crippen molar-refractivity contribution in [3.05, 3.63) is 24.3 Å². The average molecular weight is 972 g/mol. The molecule has 0 aromatic heterocycles. The number of carbonyl (C=O) groups excluding carboxylic acids is 3. The highest BCUT2D eigenvalue weighted by molar-refractivity contribution is 5.71. The summed E-state index contributed by atoms with van der Waals surface area (Å²) in [5, 5.41) is 0. The standard InChI is InChI=1S/C63H118O6/c1-4-7-10-13-16-19-22-25-28-30-32-34-35-38-41-44-47-50-53-56-62(65)68-59-60(58-67-61(64)55-52-49-46-43-40-37-27-24-21-18-15-12-9-6-3)69-63(66)57-54-51-48-45-42-39-36-33-31-29-26-23-20-17-14-11-8-5-2/h24-25,27-28,60H,4-23,26,29-59H2,1-3H3/b27-24+,28-25+/t60-/m1/s1. The van der Waals surface area contributed by atoms with Crippen LogP contribution >= 0.6 is 0 Å². The number of allylic oxidation sites excluding steroid dienone is 4. The van der Waals surface area contributed by atoms with E-state index in [1.165, 1.54) is 238 Å². The molecule has 0 spiro atoms. The van der Waals surface area contributed by atoms with Gasteiger partial charge in [0.15, 0.2) is 6.10 Å². The number of unbranched alkanes of at least 4 members (excludes halogenated alkanes) is 42. The molecular weight excluding hydrogens is 853 g/mol. The zero-order valence-electron chi connectivity index (χ0n) is 46.6. The third-order valence-corrected chi connectivity index (χ3v) is 13.9. The molecule has 0 radical (unpaired) electrons. The molecule has 0 fully saturated rings. The molecule has 0 bridgehead atoms. The second kappa shape index (κ2) is 58.5. The molecule has 0 rings (SSSR count). The van der Waals surface area contributed by atoms with Gasteiger partial charge in [0.1, 0.15) is 13.2 Å². The molecular formula is C63H118O6. The second-order valence-corrected chi connectivity index (χ2v) is 21.0. The first-order chi connectivity index (χ1) is 34.0. The Balaban J connectivity index is 4.31. The summed E-state index contributed by atoms with van der Waals surface area (Å²) in [6.45, 7) is 6.68. The molecule has 0 aliphatic heterocycles. The van der Waals surface area contributed by atoms with Crippen LogP contribution in [0.4, 0.5) is 0 Å². The number of hydrogen-bond donors (Lipinski definition) is 0. The molecule has 1 atom stereocenters. The summed E-state index contributed by atoms with van der Waals surface area (Å²) >= 11 is 0. The lowest BCUT2D eigenvalue weighted by Gasteiger charge is -2.18. The lowest BCUT2D eigenvalue weighted by molar-refractivity contribution is -0.167. The van der Waals surface area contributed by atoms with Crippen molar-refractivity contribution in [1.29, 1.82) is 0 Å². The van der Waals surface area contributed by atoms with Gasteiger partial charge in [-0.15, -0.1) is 0 Å². The van der Waals surface area contributed by atoms with Crippen LogP contribution in [0.25, 0.3) is 0 Å². The Morgan fingerprint density at radius 1 is 0.275 bits per heavy atom. The topological polar surface area (TPSA) is 78.9 Å². The molecule has 0 N–H and O–H groups in total. The Bertz CT molecular complexity index is 1110. The average Bonchev–Trinajstić information content (AvgIpc) is 3.35. The number of hydrogen-bond acceptors (Lipinski definition) is 6. The Kier molecular flexibility index (Phi) is 56.7. The van der Waals surface area contributed by atoms with E-state index >= 15 is 0 Å². The van der Waals surface area contributed by atoms with Crippen LogP contribution in [-0.4, -0.2) is 37.2 Å². The summed E-state index contributed by atoms with van der Waals surface area (Å²) in [6, 6.07) is 0. The van der Waals surface area contributed by atoms with Gasteiger partial charge in [0, 0.05) is 19.3 Å². The summed E-state index contributed by atoms with van der Waals surface area (Å²) < 4.78 is 16.9. The fourth-order valence-electron chi connectivity index (χ4n) is 9.26. The molecule has 0 heterocycles. The van der Waals surface area contributed by atoms with E-state index in [9.17, 15) is 14.4 Å². The van der Waals surface area contributed by atoms with Gasteiger partial charge >= 0.3 is 17.9 Å². The largest absolute Gasteiger partial charge is 0.462 e. The highest BCUT2D eigenvalue weighted by Crippen LogP contribution is 2.17. The predicted molar refractivity (Wildman–Crippen MR) is 298 cm³/mol. The van der Waals surface area contributed by atoms with E-state index < -0.39 is 6.10 Å². The van der Waals surface area contributed by atoms with Crippen molar-refractivity contribution >= 4 is 17.9 Å². The van der Waals surface area contributed by atoms with Crippen molar-refractivity contribution in [2.45, 2.75) is 348 Å². The molecule has 0 amide bonds. The SMILES string of the molecule is CCCCCCC/C=C/CCCCCCCC(=O)OC[C@H](COC(=O)CCCCCCCCCCC/C=C/CCCCCCCC)OC(=O)CCCCCCCCCCCCCCCCCCCC. The van der Waals surface area contributed by atoms with Crippen molar-refractivity contribution in [1.82, 2.24) is 0 Å². The normalized spacial score (nSPS) is 12.1. The van der Waals surface area contributed by atoms with Crippen molar-refractivity contribution in [3.63, 3.8) is 0 Å². The van der Waals surface area contributed by atoms with Gasteiger partial charge in [-0.1, -0.05) is 276 Å². The maximum atomic E-state index is 12.9. The van der Waals surface area contributed by atoms with Gasteiger partial charge in [0.25, 0.3) is 0 Å². The minimum absolute atomic E-state index is 0.0702. The molecule has 0 unspecified atom stereocenters. The predicted octanol–water partition coefficient (Wildman–Crippen LogP) is 20.7. The third-order valence-electron chi connectivity index (χ3n) is 13.9. The van der Waals surface area contributed by atoms with Crippen LogP contribution in [0.2, 0.25) is 0 Å². The van der Waals surface area contributed by atoms with Crippen molar-refractivity contribution in [3.8, 4) is 0 Å². The molecule has 0 aromatic rings. The van der Waals surface area contributed by atoms with Gasteiger partial charge in [-0.25, -0.2) is 0 Å². The lowest BCUT2D eigenvalue weighted by Crippen LogP contribution is -2.30. The zero-order valence-corrected chi connectivity index (χ0v) is 46.6. The molecule has 6 nitrogen and oxygen atoms in total. The Morgan fingerprint density at radius 3 is 0.725 bits per heavy atom.